The van der Waals surface area contributed by atoms with Crippen LogP contribution in [0, 0.1) is 6.92 Å². The SMILES string of the molecule is Cc1cc(N2CC(C)(C)OC(C)(C)C2)nc(C(C)C)n1. The summed E-state index contributed by atoms with van der Waals surface area (Å²) in [5, 5.41) is 0. The molecule has 0 aromatic carbocycles. The Kier molecular flexibility index (Phi) is 3.80. The molecule has 0 amide bonds. The summed E-state index contributed by atoms with van der Waals surface area (Å²) in [7, 11) is 0. The lowest BCUT2D eigenvalue weighted by atomic mass is 9.99. The molecule has 0 unspecified atom stereocenters. The van der Waals surface area contributed by atoms with Gasteiger partial charge in [0, 0.05) is 30.8 Å². The van der Waals surface area contributed by atoms with Crippen LogP contribution in [-0.4, -0.2) is 34.3 Å². The Balaban J connectivity index is 2.35. The van der Waals surface area contributed by atoms with Gasteiger partial charge in [0.25, 0.3) is 0 Å². The van der Waals surface area contributed by atoms with Crippen LogP contribution in [0.15, 0.2) is 6.07 Å². The van der Waals surface area contributed by atoms with Crippen molar-refractivity contribution in [3.63, 3.8) is 0 Å². The largest absolute Gasteiger partial charge is 0.366 e. The molecule has 0 spiro atoms. The van der Waals surface area contributed by atoms with Gasteiger partial charge in [-0.05, 0) is 34.6 Å². The molecule has 2 rings (SSSR count). The van der Waals surface area contributed by atoms with Crippen molar-refractivity contribution in [1.29, 1.82) is 0 Å². The maximum atomic E-state index is 6.14. The fraction of sp³-hybridized carbons (Fsp3) is 0.750. The molecule has 0 aliphatic carbocycles. The maximum Gasteiger partial charge on any atom is 0.133 e. The van der Waals surface area contributed by atoms with Gasteiger partial charge in [-0.15, -0.1) is 0 Å². The van der Waals surface area contributed by atoms with Crippen LogP contribution in [0.25, 0.3) is 0 Å². The van der Waals surface area contributed by atoms with Crippen LogP contribution >= 0.6 is 0 Å². The summed E-state index contributed by atoms with van der Waals surface area (Å²) in [5.74, 6) is 2.28. The molecule has 0 saturated carbocycles. The molecule has 0 N–H and O–H groups in total. The minimum absolute atomic E-state index is 0.168. The zero-order valence-electron chi connectivity index (χ0n) is 13.8. The van der Waals surface area contributed by atoms with Crippen LogP contribution in [-0.2, 0) is 4.74 Å². The molecule has 1 saturated heterocycles. The Hall–Kier alpha value is -1.16. The summed E-state index contributed by atoms with van der Waals surface area (Å²) in [6.07, 6.45) is 0. The maximum absolute atomic E-state index is 6.14. The summed E-state index contributed by atoms with van der Waals surface area (Å²) >= 11 is 0. The van der Waals surface area contributed by atoms with Gasteiger partial charge in [0.2, 0.25) is 0 Å². The first kappa shape index (κ1) is 15.2. The van der Waals surface area contributed by atoms with E-state index in [1.165, 1.54) is 0 Å². The summed E-state index contributed by atoms with van der Waals surface area (Å²) < 4.78 is 6.14. The minimum Gasteiger partial charge on any atom is -0.366 e. The molecule has 1 fully saturated rings. The summed E-state index contributed by atoms with van der Waals surface area (Å²) in [5.41, 5.74) is 0.692. The lowest BCUT2D eigenvalue weighted by Crippen LogP contribution is -2.57. The average Bonchev–Trinajstić information content (AvgIpc) is 2.23. The molecule has 0 bridgehead atoms. The second-order valence-corrected chi connectivity index (χ2v) is 7.36. The van der Waals surface area contributed by atoms with Crippen molar-refractivity contribution in [2.75, 3.05) is 18.0 Å². The van der Waals surface area contributed by atoms with E-state index >= 15 is 0 Å². The van der Waals surface area contributed by atoms with E-state index in [4.69, 9.17) is 9.72 Å². The highest BCUT2D eigenvalue weighted by molar-refractivity contribution is 5.42. The monoisotopic (exact) mass is 277 g/mol. The first-order chi connectivity index (χ1) is 9.08. The van der Waals surface area contributed by atoms with Crippen molar-refractivity contribution >= 4 is 5.82 Å². The predicted octanol–water partition coefficient (Wildman–Crippen LogP) is 3.30. The fourth-order valence-corrected chi connectivity index (χ4v) is 2.94. The van der Waals surface area contributed by atoms with Gasteiger partial charge in [0.05, 0.1) is 11.2 Å². The molecule has 2 heterocycles. The van der Waals surface area contributed by atoms with E-state index in [0.717, 1.165) is 30.4 Å². The number of aromatic nitrogens is 2. The lowest BCUT2D eigenvalue weighted by molar-refractivity contribution is -0.133. The molecule has 4 nitrogen and oxygen atoms in total. The van der Waals surface area contributed by atoms with Gasteiger partial charge in [-0.1, -0.05) is 13.8 Å². The third-order valence-electron chi connectivity index (χ3n) is 3.39. The van der Waals surface area contributed by atoms with Gasteiger partial charge < -0.3 is 9.64 Å². The van der Waals surface area contributed by atoms with Crippen LogP contribution in [0.5, 0.6) is 0 Å². The second kappa shape index (κ2) is 4.99. The Labute approximate surface area is 122 Å². The normalized spacial score (nSPS) is 21.3. The van der Waals surface area contributed by atoms with Gasteiger partial charge in [0.15, 0.2) is 0 Å². The highest BCUT2D eigenvalue weighted by atomic mass is 16.5. The number of rotatable bonds is 2. The smallest absolute Gasteiger partial charge is 0.133 e. The lowest BCUT2D eigenvalue weighted by Gasteiger charge is -2.47. The molecule has 1 aromatic rings. The molecule has 1 aromatic heterocycles. The number of ether oxygens (including phenoxy) is 1. The highest BCUT2D eigenvalue weighted by Gasteiger charge is 2.38. The minimum atomic E-state index is -0.168. The number of hydrogen-bond donors (Lipinski definition) is 0. The third-order valence-corrected chi connectivity index (χ3v) is 3.39. The zero-order chi connectivity index (χ0) is 15.1. The second-order valence-electron chi connectivity index (χ2n) is 7.36. The van der Waals surface area contributed by atoms with Gasteiger partial charge in [-0.25, -0.2) is 9.97 Å². The van der Waals surface area contributed by atoms with Crippen LogP contribution in [0.4, 0.5) is 5.82 Å². The number of hydrogen-bond acceptors (Lipinski definition) is 4. The zero-order valence-corrected chi connectivity index (χ0v) is 13.8. The fourth-order valence-electron chi connectivity index (χ4n) is 2.94. The molecule has 4 heteroatoms. The molecule has 0 atom stereocenters. The third kappa shape index (κ3) is 3.48. The molecule has 112 valence electrons. The molecule has 1 aliphatic rings. The topological polar surface area (TPSA) is 38.2 Å². The van der Waals surface area contributed by atoms with Crippen LogP contribution in [0.3, 0.4) is 0 Å². The predicted molar refractivity (Wildman–Crippen MR) is 82.3 cm³/mol. The van der Waals surface area contributed by atoms with Gasteiger partial charge in [-0.3, -0.25) is 0 Å². The van der Waals surface area contributed by atoms with E-state index in [9.17, 15) is 0 Å². The van der Waals surface area contributed by atoms with E-state index < -0.39 is 0 Å². The molecular formula is C16H27N3O. The summed E-state index contributed by atoms with van der Waals surface area (Å²) in [6.45, 7) is 16.5. The van der Waals surface area contributed by atoms with Gasteiger partial charge >= 0.3 is 0 Å². The van der Waals surface area contributed by atoms with Crippen molar-refractivity contribution in [3.05, 3.63) is 17.6 Å². The summed E-state index contributed by atoms with van der Waals surface area (Å²) in [4.78, 5) is 11.6. The van der Waals surface area contributed by atoms with Crippen molar-refractivity contribution in [2.45, 2.75) is 65.6 Å². The van der Waals surface area contributed by atoms with Crippen molar-refractivity contribution in [1.82, 2.24) is 9.97 Å². The van der Waals surface area contributed by atoms with E-state index in [1.807, 2.05) is 6.92 Å². The van der Waals surface area contributed by atoms with E-state index in [-0.39, 0.29) is 11.2 Å². The van der Waals surface area contributed by atoms with Crippen LogP contribution in [0.1, 0.15) is 59.0 Å². The Morgan fingerprint density at radius 3 is 2.15 bits per heavy atom. The van der Waals surface area contributed by atoms with Gasteiger partial charge in [-0.2, -0.15) is 0 Å². The molecule has 20 heavy (non-hydrogen) atoms. The molecule has 0 radical (unpaired) electrons. The van der Waals surface area contributed by atoms with E-state index in [0.29, 0.717) is 5.92 Å². The first-order valence-corrected chi connectivity index (χ1v) is 7.39. The average molecular weight is 277 g/mol. The van der Waals surface area contributed by atoms with E-state index in [2.05, 4.69) is 57.5 Å². The quantitative estimate of drug-likeness (QED) is 0.831. The van der Waals surface area contributed by atoms with Crippen molar-refractivity contribution in [3.8, 4) is 0 Å². The Bertz CT molecular complexity index is 478. The van der Waals surface area contributed by atoms with Crippen LogP contribution < -0.4 is 4.90 Å². The molecule has 1 aliphatic heterocycles. The van der Waals surface area contributed by atoms with Crippen molar-refractivity contribution in [2.24, 2.45) is 0 Å². The number of aryl methyl sites for hydroxylation is 1. The first-order valence-electron chi connectivity index (χ1n) is 7.39. The number of nitrogens with zero attached hydrogens (tertiary/aromatic N) is 3. The standard InChI is InChI=1S/C16H27N3O/c1-11(2)14-17-12(3)8-13(18-14)19-9-15(4,5)20-16(6,7)10-19/h8,11H,9-10H2,1-7H3. The number of morpholine rings is 1. The van der Waals surface area contributed by atoms with Crippen molar-refractivity contribution < 1.29 is 4.74 Å². The number of anilines is 1. The Morgan fingerprint density at radius 1 is 1.10 bits per heavy atom. The molecular weight excluding hydrogens is 250 g/mol. The van der Waals surface area contributed by atoms with E-state index in [1.54, 1.807) is 0 Å². The summed E-state index contributed by atoms with van der Waals surface area (Å²) in [6, 6.07) is 2.07. The highest BCUT2D eigenvalue weighted by Crippen LogP contribution is 2.31. The van der Waals surface area contributed by atoms with Gasteiger partial charge in [0.1, 0.15) is 11.6 Å². The Morgan fingerprint density at radius 2 is 1.65 bits per heavy atom. The van der Waals surface area contributed by atoms with Crippen LogP contribution in [0.2, 0.25) is 0 Å².